The standard InChI is InChI=1S/C17H25BrN2O2/c1-19-13-15-5-4-11-20(15)17(21)6-2-3-12-22-16-9-7-14(18)8-10-16/h7-10,15,19H,2-6,11-13H2,1H3. The van der Waals surface area contributed by atoms with Gasteiger partial charge in [-0.1, -0.05) is 15.9 Å². The SMILES string of the molecule is CNCC1CCCN1C(=O)CCCCOc1ccc(Br)cc1. The Kier molecular flexibility index (Phi) is 7.19. The first-order chi connectivity index (χ1) is 10.7. The van der Waals surface area contributed by atoms with Gasteiger partial charge in [0.2, 0.25) is 5.91 Å². The van der Waals surface area contributed by atoms with Crippen LogP contribution in [0.2, 0.25) is 0 Å². The largest absolute Gasteiger partial charge is 0.494 e. The summed E-state index contributed by atoms with van der Waals surface area (Å²) in [4.78, 5) is 14.3. The van der Waals surface area contributed by atoms with Gasteiger partial charge >= 0.3 is 0 Å². The molecule has 1 unspecified atom stereocenters. The molecule has 22 heavy (non-hydrogen) atoms. The first-order valence-corrected chi connectivity index (χ1v) is 8.82. The second kappa shape index (κ2) is 9.16. The molecule has 1 aromatic rings. The Hall–Kier alpha value is -1.07. The van der Waals surface area contributed by atoms with E-state index in [1.165, 1.54) is 0 Å². The molecule has 0 aromatic heterocycles. The highest BCUT2D eigenvalue weighted by Crippen LogP contribution is 2.19. The third-order valence-electron chi connectivity index (χ3n) is 4.00. The van der Waals surface area contributed by atoms with E-state index in [1.54, 1.807) is 0 Å². The quantitative estimate of drug-likeness (QED) is 0.716. The lowest BCUT2D eigenvalue weighted by atomic mass is 10.2. The lowest BCUT2D eigenvalue weighted by Gasteiger charge is -2.24. The molecule has 1 aromatic carbocycles. The summed E-state index contributed by atoms with van der Waals surface area (Å²) in [7, 11) is 1.94. The van der Waals surface area contributed by atoms with Crippen molar-refractivity contribution in [1.82, 2.24) is 10.2 Å². The van der Waals surface area contributed by atoms with E-state index in [-0.39, 0.29) is 0 Å². The molecule has 0 bridgehead atoms. The number of amides is 1. The fraction of sp³-hybridized carbons (Fsp3) is 0.588. The van der Waals surface area contributed by atoms with Crippen molar-refractivity contribution in [3.05, 3.63) is 28.7 Å². The van der Waals surface area contributed by atoms with Gasteiger partial charge in [-0.15, -0.1) is 0 Å². The predicted molar refractivity (Wildman–Crippen MR) is 92.1 cm³/mol. The van der Waals surface area contributed by atoms with Crippen LogP contribution in [0.5, 0.6) is 5.75 Å². The van der Waals surface area contributed by atoms with Gasteiger partial charge in [-0.3, -0.25) is 4.79 Å². The number of ether oxygens (including phenoxy) is 1. The Balaban J connectivity index is 1.61. The molecule has 2 rings (SSSR count). The number of likely N-dealkylation sites (N-methyl/N-ethyl adjacent to an activating group) is 1. The maximum absolute atomic E-state index is 12.3. The zero-order valence-corrected chi connectivity index (χ0v) is 14.8. The highest BCUT2D eigenvalue weighted by atomic mass is 79.9. The van der Waals surface area contributed by atoms with Crippen LogP contribution in [-0.2, 0) is 4.79 Å². The normalized spacial score (nSPS) is 17.7. The van der Waals surface area contributed by atoms with Crippen LogP contribution < -0.4 is 10.1 Å². The minimum atomic E-state index is 0.293. The Bertz CT molecular complexity index is 464. The fourth-order valence-electron chi connectivity index (χ4n) is 2.85. The van der Waals surface area contributed by atoms with Crippen molar-refractivity contribution in [3.8, 4) is 5.75 Å². The Morgan fingerprint density at radius 2 is 2.14 bits per heavy atom. The Morgan fingerprint density at radius 1 is 1.36 bits per heavy atom. The molecule has 5 heteroatoms. The van der Waals surface area contributed by atoms with Gasteiger partial charge in [0.1, 0.15) is 5.75 Å². The zero-order valence-electron chi connectivity index (χ0n) is 13.2. The minimum Gasteiger partial charge on any atom is -0.494 e. The number of carbonyl (C=O) groups is 1. The molecule has 1 fully saturated rings. The number of hydrogen-bond acceptors (Lipinski definition) is 3. The number of nitrogens with zero attached hydrogens (tertiary/aromatic N) is 1. The molecule has 1 atom stereocenters. The number of halogens is 1. The highest BCUT2D eigenvalue weighted by Gasteiger charge is 2.27. The monoisotopic (exact) mass is 368 g/mol. The summed E-state index contributed by atoms with van der Waals surface area (Å²) in [6.45, 7) is 2.48. The van der Waals surface area contributed by atoms with Crippen LogP contribution in [0.25, 0.3) is 0 Å². The number of nitrogens with one attached hydrogen (secondary N) is 1. The molecule has 1 saturated heterocycles. The van der Waals surface area contributed by atoms with Gasteiger partial charge in [0.15, 0.2) is 0 Å². The van der Waals surface area contributed by atoms with E-state index in [9.17, 15) is 4.79 Å². The van der Waals surface area contributed by atoms with E-state index in [0.29, 0.717) is 25.0 Å². The van der Waals surface area contributed by atoms with Crippen molar-refractivity contribution in [2.45, 2.75) is 38.1 Å². The molecule has 1 N–H and O–H groups in total. The molecule has 1 aliphatic rings. The summed E-state index contributed by atoms with van der Waals surface area (Å²) >= 11 is 3.40. The number of carbonyl (C=O) groups excluding carboxylic acids is 1. The van der Waals surface area contributed by atoms with Crippen LogP contribution in [0, 0.1) is 0 Å². The van der Waals surface area contributed by atoms with E-state index in [0.717, 1.165) is 49.0 Å². The minimum absolute atomic E-state index is 0.293. The fourth-order valence-corrected chi connectivity index (χ4v) is 3.12. The molecule has 1 amide bonds. The average molecular weight is 369 g/mol. The van der Waals surface area contributed by atoms with E-state index >= 15 is 0 Å². The van der Waals surface area contributed by atoms with E-state index in [2.05, 4.69) is 21.2 Å². The summed E-state index contributed by atoms with van der Waals surface area (Å²) in [6.07, 6.45) is 4.68. The zero-order chi connectivity index (χ0) is 15.8. The van der Waals surface area contributed by atoms with E-state index in [4.69, 9.17) is 4.74 Å². The molecule has 0 saturated carbocycles. The first kappa shape index (κ1) is 17.3. The average Bonchev–Trinajstić information content (AvgIpc) is 2.97. The van der Waals surface area contributed by atoms with Crippen molar-refractivity contribution in [2.75, 3.05) is 26.7 Å². The molecule has 1 aliphatic heterocycles. The lowest BCUT2D eigenvalue weighted by Crippen LogP contribution is -2.40. The van der Waals surface area contributed by atoms with Crippen molar-refractivity contribution in [1.29, 1.82) is 0 Å². The van der Waals surface area contributed by atoms with Crippen molar-refractivity contribution < 1.29 is 9.53 Å². The van der Waals surface area contributed by atoms with Crippen LogP contribution in [0.4, 0.5) is 0 Å². The Labute approximate surface area is 141 Å². The van der Waals surface area contributed by atoms with Crippen LogP contribution >= 0.6 is 15.9 Å². The maximum atomic E-state index is 12.3. The number of hydrogen-bond donors (Lipinski definition) is 1. The first-order valence-electron chi connectivity index (χ1n) is 8.03. The number of benzene rings is 1. The van der Waals surface area contributed by atoms with Crippen LogP contribution in [-0.4, -0.2) is 43.6 Å². The van der Waals surface area contributed by atoms with Crippen molar-refractivity contribution in [2.24, 2.45) is 0 Å². The highest BCUT2D eigenvalue weighted by molar-refractivity contribution is 9.10. The summed E-state index contributed by atoms with van der Waals surface area (Å²) in [5.74, 6) is 1.17. The predicted octanol–water partition coefficient (Wildman–Crippen LogP) is 3.21. The molecule has 0 radical (unpaired) electrons. The summed E-state index contributed by atoms with van der Waals surface area (Å²) < 4.78 is 6.72. The molecule has 0 spiro atoms. The van der Waals surface area contributed by atoms with Crippen LogP contribution in [0.15, 0.2) is 28.7 Å². The van der Waals surface area contributed by atoms with Gasteiger partial charge in [0.25, 0.3) is 0 Å². The third kappa shape index (κ3) is 5.29. The van der Waals surface area contributed by atoms with Crippen molar-refractivity contribution >= 4 is 21.8 Å². The molecule has 0 aliphatic carbocycles. The van der Waals surface area contributed by atoms with Gasteiger partial charge in [-0.05, 0) is 57.0 Å². The van der Waals surface area contributed by atoms with Crippen LogP contribution in [0.3, 0.4) is 0 Å². The second-order valence-corrected chi connectivity index (χ2v) is 6.62. The molecular formula is C17H25BrN2O2. The summed E-state index contributed by atoms with van der Waals surface area (Å²) in [5.41, 5.74) is 0. The maximum Gasteiger partial charge on any atom is 0.222 e. The second-order valence-electron chi connectivity index (χ2n) is 5.70. The van der Waals surface area contributed by atoms with Gasteiger partial charge in [0, 0.05) is 30.0 Å². The lowest BCUT2D eigenvalue weighted by molar-refractivity contribution is -0.132. The topological polar surface area (TPSA) is 41.6 Å². The number of unbranched alkanes of at least 4 members (excludes halogenated alkanes) is 1. The third-order valence-corrected chi connectivity index (χ3v) is 4.53. The van der Waals surface area contributed by atoms with Gasteiger partial charge in [0.05, 0.1) is 6.61 Å². The number of rotatable bonds is 8. The van der Waals surface area contributed by atoms with Crippen molar-refractivity contribution in [3.63, 3.8) is 0 Å². The molecule has 1 heterocycles. The smallest absolute Gasteiger partial charge is 0.222 e. The van der Waals surface area contributed by atoms with Gasteiger partial charge in [-0.2, -0.15) is 0 Å². The Morgan fingerprint density at radius 3 is 2.86 bits per heavy atom. The van der Waals surface area contributed by atoms with E-state index < -0.39 is 0 Å². The van der Waals surface area contributed by atoms with Gasteiger partial charge in [-0.25, -0.2) is 0 Å². The molecular weight excluding hydrogens is 344 g/mol. The molecule has 4 nitrogen and oxygen atoms in total. The summed E-state index contributed by atoms with van der Waals surface area (Å²) in [5, 5.41) is 3.18. The van der Waals surface area contributed by atoms with Crippen LogP contribution in [0.1, 0.15) is 32.1 Å². The number of likely N-dealkylation sites (tertiary alicyclic amines) is 1. The van der Waals surface area contributed by atoms with E-state index in [1.807, 2.05) is 36.2 Å². The molecule has 122 valence electrons. The van der Waals surface area contributed by atoms with Gasteiger partial charge < -0.3 is 15.0 Å². The summed E-state index contributed by atoms with van der Waals surface area (Å²) in [6, 6.07) is 8.21.